The number of carbonyl (C=O) groups excluding carboxylic acids is 1. The van der Waals surface area contributed by atoms with Gasteiger partial charge in [0.1, 0.15) is 10.6 Å². The van der Waals surface area contributed by atoms with Gasteiger partial charge in [-0.3, -0.25) is 4.79 Å². The maximum atomic E-state index is 12.2. The summed E-state index contributed by atoms with van der Waals surface area (Å²) in [5.41, 5.74) is 6.25. The number of carbonyl (C=O) groups is 1. The topological polar surface area (TPSA) is 100 Å². The van der Waals surface area contributed by atoms with E-state index in [0.717, 1.165) is 12.8 Å². The Labute approximate surface area is 130 Å². The minimum absolute atomic E-state index is 0.0211. The lowest BCUT2D eigenvalue weighted by Gasteiger charge is -2.25. The molecule has 0 atom stereocenters. The molecule has 0 saturated heterocycles. The number of aliphatic hydroxyl groups excluding tert-OH is 1. The molecule has 0 radical (unpaired) electrons. The molecule has 0 aromatic carbocycles. The predicted molar refractivity (Wildman–Crippen MR) is 87.7 cm³/mol. The summed E-state index contributed by atoms with van der Waals surface area (Å²) < 4.78 is 4.06. The summed E-state index contributed by atoms with van der Waals surface area (Å²) in [6, 6.07) is 0.0469. The number of rotatable bonds is 8. The van der Waals surface area contributed by atoms with Gasteiger partial charge in [-0.05, 0) is 43.6 Å². The Balaban J connectivity index is 2.74. The number of nitrogens with two attached hydrogens (primary N) is 1. The molecule has 7 heteroatoms. The fourth-order valence-electron chi connectivity index (χ4n) is 1.94. The number of nitrogens with zero attached hydrogens (tertiary/aromatic N) is 1. The van der Waals surface area contributed by atoms with Gasteiger partial charge in [0.2, 0.25) is 0 Å². The molecule has 0 bridgehead atoms. The maximum Gasteiger partial charge on any atom is 0.258 e. The number of nitrogen functional groups attached to an aromatic ring is 1. The van der Waals surface area contributed by atoms with Gasteiger partial charge in [0.05, 0.1) is 0 Å². The van der Waals surface area contributed by atoms with Crippen LogP contribution in [-0.2, 0) is 0 Å². The number of aliphatic hydroxyl groups is 1. The zero-order valence-electron chi connectivity index (χ0n) is 13.2. The van der Waals surface area contributed by atoms with Crippen LogP contribution in [-0.4, -0.2) is 34.6 Å². The minimum atomic E-state index is -0.202. The van der Waals surface area contributed by atoms with Crippen molar-refractivity contribution in [2.45, 2.75) is 46.6 Å². The van der Waals surface area contributed by atoms with Gasteiger partial charge in [-0.2, -0.15) is 4.37 Å². The predicted octanol–water partition coefficient (Wildman–Crippen LogP) is 2.07. The van der Waals surface area contributed by atoms with E-state index in [9.17, 15) is 4.79 Å². The fraction of sp³-hybridized carbons (Fsp3) is 0.714. The highest BCUT2D eigenvalue weighted by Crippen LogP contribution is 2.29. The first-order valence-electron chi connectivity index (χ1n) is 7.17. The largest absolute Gasteiger partial charge is 0.396 e. The van der Waals surface area contributed by atoms with E-state index in [0.29, 0.717) is 17.1 Å². The number of hydrogen-bond donors (Lipinski definition) is 4. The Bertz CT molecular complexity index is 472. The number of aromatic nitrogens is 1. The Morgan fingerprint density at radius 3 is 2.71 bits per heavy atom. The molecule has 21 heavy (non-hydrogen) atoms. The first-order chi connectivity index (χ1) is 9.76. The minimum Gasteiger partial charge on any atom is -0.396 e. The quantitative estimate of drug-likeness (QED) is 0.588. The highest BCUT2D eigenvalue weighted by Gasteiger charge is 2.22. The molecule has 0 spiro atoms. The van der Waals surface area contributed by atoms with Gasteiger partial charge in [-0.15, -0.1) is 0 Å². The van der Waals surface area contributed by atoms with Crippen LogP contribution in [0.5, 0.6) is 0 Å². The first kappa shape index (κ1) is 17.7. The molecule has 0 saturated carbocycles. The van der Waals surface area contributed by atoms with Crippen LogP contribution in [0.2, 0.25) is 0 Å². The molecule has 1 aromatic heterocycles. The molecule has 5 N–H and O–H groups in total. The van der Waals surface area contributed by atoms with Crippen molar-refractivity contribution < 1.29 is 9.90 Å². The van der Waals surface area contributed by atoms with Crippen molar-refractivity contribution in [2.24, 2.45) is 5.41 Å². The zero-order valence-corrected chi connectivity index (χ0v) is 14.0. The van der Waals surface area contributed by atoms with E-state index < -0.39 is 0 Å². The van der Waals surface area contributed by atoms with Crippen molar-refractivity contribution >= 4 is 28.3 Å². The second-order valence-electron chi connectivity index (χ2n) is 6.25. The molecule has 1 heterocycles. The molecule has 0 aliphatic heterocycles. The van der Waals surface area contributed by atoms with Crippen molar-refractivity contribution in [2.75, 3.05) is 24.2 Å². The van der Waals surface area contributed by atoms with Gasteiger partial charge in [-0.1, -0.05) is 13.8 Å². The summed E-state index contributed by atoms with van der Waals surface area (Å²) in [4.78, 5) is 12.2. The average Bonchev–Trinajstić information content (AvgIpc) is 2.75. The molecule has 0 aliphatic rings. The van der Waals surface area contributed by atoms with Gasteiger partial charge >= 0.3 is 0 Å². The molecule has 0 unspecified atom stereocenters. The van der Waals surface area contributed by atoms with Crippen LogP contribution in [0.4, 0.5) is 10.8 Å². The highest BCUT2D eigenvalue weighted by atomic mass is 32.1. The lowest BCUT2D eigenvalue weighted by atomic mass is 9.88. The second-order valence-corrected chi connectivity index (χ2v) is 7.02. The SMILES string of the molecule is CC(C)NC(=O)c1c(N)nsc1NCC(C)(C)CCCO. The average molecular weight is 314 g/mol. The second kappa shape index (κ2) is 7.61. The van der Waals surface area contributed by atoms with E-state index >= 15 is 0 Å². The third-order valence-electron chi connectivity index (χ3n) is 3.10. The smallest absolute Gasteiger partial charge is 0.258 e. The molecular formula is C14H26N4O2S. The standard InChI is InChI=1S/C14H26N4O2S/c1-9(2)17-12(20)10-11(15)18-21-13(10)16-8-14(3,4)6-5-7-19/h9,16,19H,5-8H2,1-4H3,(H2,15,18)(H,17,20). The Hall–Kier alpha value is -1.34. The monoisotopic (exact) mass is 314 g/mol. The number of hydrogen-bond acceptors (Lipinski definition) is 6. The van der Waals surface area contributed by atoms with Gasteiger partial charge in [0.15, 0.2) is 5.82 Å². The summed E-state index contributed by atoms with van der Waals surface area (Å²) in [6.07, 6.45) is 1.67. The first-order valence-corrected chi connectivity index (χ1v) is 7.95. The lowest BCUT2D eigenvalue weighted by molar-refractivity contribution is 0.0945. The van der Waals surface area contributed by atoms with E-state index in [-0.39, 0.29) is 29.8 Å². The zero-order chi connectivity index (χ0) is 16.0. The summed E-state index contributed by atoms with van der Waals surface area (Å²) in [7, 11) is 0. The Kier molecular flexibility index (Phi) is 6.42. The van der Waals surface area contributed by atoms with Crippen LogP contribution in [0.3, 0.4) is 0 Å². The van der Waals surface area contributed by atoms with Crippen LogP contribution < -0.4 is 16.4 Å². The van der Waals surface area contributed by atoms with Crippen LogP contribution in [0.25, 0.3) is 0 Å². The van der Waals surface area contributed by atoms with E-state index in [4.69, 9.17) is 10.8 Å². The molecule has 6 nitrogen and oxygen atoms in total. The van der Waals surface area contributed by atoms with E-state index in [1.807, 2.05) is 13.8 Å². The van der Waals surface area contributed by atoms with Crippen molar-refractivity contribution in [3.63, 3.8) is 0 Å². The van der Waals surface area contributed by atoms with Crippen LogP contribution in [0.15, 0.2) is 0 Å². The van der Waals surface area contributed by atoms with E-state index in [1.165, 1.54) is 11.5 Å². The number of anilines is 2. The summed E-state index contributed by atoms with van der Waals surface area (Å²) in [5, 5.41) is 15.7. The van der Waals surface area contributed by atoms with Crippen molar-refractivity contribution in [3.05, 3.63) is 5.56 Å². The van der Waals surface area contributed by atoms with E-state index in [2.05, 4.69) is 28.9 Å². The van der Waals surface area contributed by atoms with E-state index in [1.54, 1.807) is 0 Å². The lowest BCUT2D eigenvalue weighted by Crippen LogP contribution is -2.31. The Morgan fingerprint density at radius 2 is 2.14 bits per heavy atom. The van der Waals surface area contributed by atoms with Crippen molar-refractivity contribution in [1.82, 2.24) is 9.69 Å². The highest BCUT2D eigenvalue weighted by molar-refractivity contribution is 7.11. The molecule has 0 aliphatic carbocycles. The van der Waals surface area contributed by atoms with Gasteiger partial charge < -0.3 is 21.5 Å². The molecule has 1 rings (SSSR count). The normalized spacial score (nSPS) is 11.7. The third kappa shape index (κ3) is 5.51. The summed E-state index contributed by atoms with van der Waals surface area (Å²) in [6.45, 7) is 8.93. The van der Waals surface area contributed by atoms with Crippen molar-refractivity contribution in [1.29, 1.82) is 0 Å². The van der Waals surface area contributed by atoms with Crippen LogP contribution in [0.1, 0.15) is 50.9 Å². The van der Waals surface area contributed by atoms with Gasteiger partial charge in [-0.25, -0.2) is 0 Å². The van der Waals surface area contributed by atoms with Crippen LogP contribution >= 0.6 is 11.5 Å². The van der Waals surface area contributed by atoms with Crippen LogP contribution in [0, 0.1) is 5.41 Å². The summed E-state index contributed by atoms with van der Waals surface area (Å²) in [5.74, 6) is 0.0562. The molecule has 0 fully saturated rings. The molecule has 1 amide bonds. The van der Waals surface area contributed by atoms with Gasteiger partial charge in [0, 0.05) is 19.2 Å². The Morgan fingerprint density at radius 1 is 1.48 bits per heavy atom. The third-order valence-corrected chi connectivity index (χ3v) is 3.92. The molecule has 1 aromatic rings. The number of amides is 1. The van der Waals surface area contributed by atoms with Crippen molar-refractivity contribution in [3.8, 4) is 0 Å². The number of nitrogens with one attached hydrogen (secondary N) is 2. The fourth-order valence-corrected chi connectivity index (χ4v) is 2.65. The molecular weight excluding hydrogens is 288 g/mol. The molecule has 120 valence electrons. The summed E-state index contributed by atoms with van der Waals surface area (Å²) >= 11 is 1.20. The maximum absolute atomic E-state index is 12.2. The van der Waals surface area contributed by atoms with Gasteiger partial charge in [0.25, 0.3) is 5.91 Å².